The third-order valence-electron chi connectivity index (χ3n) is 0. The summed E-state index contributed by atoms with van der Waals surface area (Å²) in [4.78, 5) is 0. The molecule has 0 radical (unpaired) electrons. The molecule has 1 nitrogen and oxygen atoms in total. The predicted molar refractivity (Wildman–Crippen MR) is 35.2 cm³/mol. The second-order valence-corrected chi connectivity index (χ2v) is 0.316. The summed E-state index contributed by atoms with van der Waals surface area (Å²) in [6.07, 6.45) is 0. The molecule has 7 heavy (non-hydrogen) atoms. The fraction of sp³-hybridized carbons (Fsp3) is 1.00. The van der Waals surface area contributed by atoms with Crippen LogP contribution in [0.4, 0.5) is 0 Å². The smallest absolute Gasteiger partial charge is 1.00 e. The van der Waals surface area contributed by atoms with Crippen LogP contribution in [-0.2, 0) is 19.5 Å². The second kappa shape index (κ2) is 44.4. The Balaban J connectivity index is -0.00000000133. The van der Waals surface area contributed by atoms with Gasteiger partial charge in [0.1, 0.15) is 0 Å². The third kappa shape index (κ3) is 74.9. The van der Waals surface area contributed by atoms with Crippen LogP contribution in [0.1, 0.15) is 9.78 Å². The van der Waals surface area contributed by atoms with Gasteiger partial charge >= 0.3 is 23.1 Å². The van der Waals surface area contributed by atoms with E-state index in [1.165, 1.54) is 0 Å². The van der Waals surface area contributed by atoms with Crippen molar-refractivity contribution in [3.8, 4) is 0 Å². The Morgan fingerprint density at radius 3 is 1.43 bits per heavy atom. The van der Waals surface area contributed by atoms with E-state index in [4.69, 9.17) is 5.11 Å². The predicted octanol–water partition coefficient (Wildman–Crippen LogP) is 0.684. The minimum Gasteiger partial charge on any atom is -1.00 e. The van der Waals surface area contributed by atoms with Crippen molar-refractivity contribution < 1.29 is 27.4 Å². The Morgan fingerprint density at radius 2 is 1.43 bits per heavy atom. The maximum Gasteiger partial charge on any atom is 2.00 e. The van der Waals surface area contributed by atoms with Gasteiger partial charge in [-0.15, -0.1) is 24.8 Å². The van der Waals surface area contributed by atoms with Crippen LogP contribution in [0.5, 0.6) is 0 Å². The number of aliphatic hydroxyl groups excluding tert-OH is 1. The van der Waals surface area contributed by atoms with Gasteiger partial charge in [-0.25, -0.2) is 0 Å². The molecule has 0 aliphatic rings. The maximum atomic E-state index is 7.57. The van der Waals surface area contributed by atoms with Crippen LogP contribution in [0.15, 0.2) is 0 Å². The molecule has 0 aromatic rings. The van der Waals surface area contributed by atoms with E-state index in [2.05, 4.69) is 0 Å². The first-order chi connectivity index (χ1) is 1.41. The first kappa shape index (κ1) is 36.4. The Bertz CT molecular complexity index is 22.5. The molecule has 0 saturated carbocycles. The Kier molecular flexibility index (Phi) is 230. The fourth-order valence-corrected chi connectivity index (χ4v) is 0. The molecule has 0 fully saturated rings. The van der Waals surface area contributed by atoms with E-state index in [9.17, 15) is 0 Å². The number of rotatable bonds is 0. The quantitative estimate of drug-likeness (QED) is 0.584. The Hall–Kier alpha value is 1.93. The average molecular weight is 211 g/mol. The minimum absolute atomic E-state index is 0. The molecule has 42 valence electrons. The molecule has 5 heteroatoms. The Labute approximate surface area is 88.3 Å². The molecule has 0 aromatic carbocycles. The minimum atomic E-state index is 0. The molecular formula is C2H10Cl2MgOZn. The van der Waals surface area contributed by atoms with Crippen molar-refractivity contribution in [2.45, 2.75) is 6.92 Å². The van der Waals surface area contributed by atoms with Crippen LogP contribution in [0.2, 0.25) is 0 Å². The molecule has 0 heterocycles. The molecular weight excluding hydrogens is 201 g/mol. The molecule has 0 saturated heterocycles. The van der Waals surface area contributed by atoms with Crippen molar-refractivity contribution in [1.82, 2.24) is 0 Å². The van der Waals surface area contributed by atoms with Crippen molar-refractivity contribution in [2.24, 2.45) is 0 Å². The zero-order valence-electron chi connectivity index (χ0n) is 6.39. The monoisotopic (exact) mass is 208 g/mol. The summed E-state index contributed by atoms with van der Waals surface area (Å²) in [7, 11) is 0. The van der Waals surface area contributed by atoms with E-state index < -0.39 is 0 Å². The summed E-state index contributed by atoms with van der Waals surface area (Å²) in [5, 5.41) is 7.57. The molecule has 0 aliphatic carbocycles. The van der Waals surface area contributed by atoms with Crippen LogP contribution < -0.4 is 0 Å². The van der Waals surface area contributed by atoms with Gasteiger partial charge < -0.3 is 7.96 Å². The SMILES string of the molecule is CCO.Cl.Cl.[H-].[H-].[Mg+2].[Zn]. The molecule has 0 atom stereocenters. The van der Waals surface area contributed by atoms with E-state index >= 15 is 0 Å². The molecule has 0 rings (SSSR count). The van der Waals surface area contributed by atoms with Gasteiger partial charge in [-0.2, -0.15) is 0 Å². The molecule has 0 bridgehead atoms. The molecule has 0 unspecified atom stereocenters. The van der Waals surface area contributed by atoms with Crippen molar-refractivity contribution in [3.05, 3.63) is 0 Å². The molecule has 0 aromatic heterocycles. The van der Waals surface area contributed by atoms with Gasteiger partial charge in [0.15, 0.2) is 0 Å². The number of aliphatic hydroxyl groups is 1. The van der Waals surface area contributed by atoms with Gasteiger partial charge in [-0.1, -0.05) is 0 Å². The van der Waals surface area contributed by atoms with Gasteiger partial charge in [0, 0.05) is 26.1 Å². The van der Waals surface area contributed by atoms with E-state index in [1.807, 2.05) is 0 Å². The molecule has 0 spiro atoms. The van der Waals surface area contributed by atoms with Crippen LogP contribution in [-0.4, -0.2) is 34.8 Å². The van der Waals surface area contributed by atoms with Gasteiger partial charge in [0.2, 0.25) is 0 Å². The first-order valence-corrected chi connectivity index (χ1v) is 1.02. The van der Waals surface area contributed by atoms with E-state index in [0.29, 0.717) is 0 Å². The Morgan fingerprint density at radius 1 is 1.43 bits per heavy atom. The van der Waals surface area contributed by atoms with E-state index in [-0.39, 0.29) is 76.8 Å². The van der Waals surface area contributed by atoms with Gasteiger partial charge in [0.25, 0.3) is 0 Å². The zero-order valence-corrected chi connectivity index (χ0v) is 10.4. The van der Waals surface area contributed by atoms with Crippen LogP contribution in [0, 0.1) is 0 Å². The van der Waals surface area contributed by atoms with Crippen LogP contribution >= 0.6 is 24.8 Å². The van der Waals surface area contributed by atoms with E-state index in [1.54, 1.807) is 6.92 Å². The van der Waals surface area contributed by atoms with Crippen LogP contribution in [0.25, 0.3) is 0 Å². The summed E-state index contributed by atoms with van der Waals surface area (Å²) in [5.74, 6) is 0. The molecule has 0 aliphatic heterocycles. The number of hydrogen-bond acceptors (Lipinski definition) is 1. The first-order valence-electron chi connectivity index (χ1n) is 1.02. The number of halogens is 2. The van der Waals surface area contributed by atoms with Crippen LogP contribution in [0.3, 0.4) is 0 Å². The largest absolute Gasteiger partial charge is 2.00 e. The number of hydrogen-bond donors (Lipinski definition) is 1. The topological polar surface area (TPSA) is 20.2 Å². The summed E-state index contributed by atoms with van der Waals surface area (Å²) >= 11 is 0. The average Bonchev–Trinajstić information content (AvgIpc) is 0.918. The summed E-state index contributed by atoms with van der Waals surface area (Å²) in [6, 6.07) is 0. The fourth-order valence-electron chi connectivity index (χ4n) is 0. The van der Waals surface area contributed by atoms with Crippen molar-refractivity contribution >= 4 is 47.9 Å². The maximum absolute atomic E-state index is 7.57. The summed E-state index contributed by atoms with van der Waals surface area (Å²) in [6.45, 7) is 1.93. The molecule has 0 amide bonds. The van der Waals surface area contributed by atoms with Crippen molar-refractivity contribution in [1.29, 1.82) is 0 Å². The van der Waals surface area contributed by atoms with E-state index in [0.717, 1.165) is 0 Å². The molecule has 1 N–H and O–H groups in total. The third-order valence-corrected chi connectivity index (χ3v) is 0. The standard InChI is InChI=1S/C2H6O.2ClH.Mg.Zn.2H/c1-2-3;;;;;;/h3H,2H2,1H3;2*1H;;;;/q;;;+2;;2*-1. The van der Waals surface area contributed by atoms with Crippen molar-refractivity contribution in [3.63, 3.8) is 0 Å². The van der Waals surface area contributed by atoms with Gasteiger partial charge in [0.05, 0.1) is 0 Å². The van der Waals surface area contributed by atoms with Crippen molar-refractivity contribution in [2.75, 3.05) is 6.61 Å². The second-order valence-electron chi connectivity index (χ2n) is 0.316. The summed E-state index contributed by atoms with van der Waals surface area (Å²) < 4.78 is 0. The summed E-state index contributed by atoms with van der Waals surface area (Å²) in [5.41, 5.74) is 0. The van der Waals surface area contributed by atoms with Gasteiger partial charge in [-0.05, 0) is 6.92 Å². The van der Waals surface area contributed by atoms with Gasteiger partial charge in [-0.3, -0.25) is 0 Å². The normalized spacial score (nSPS) is 2.57. The zero-order chi connectivity index (χ0) is 2.71.